The first-order valence-electron chi connectivity index (χ1n) is 5.90. The SMILES string of the molecule is Cc1nnc([N-]C(=O)c2ccc(C(F)(F)F)c(S(C)=O)c2Cl)o1.[Na+]. The van der Waals surface area contributed by atoms with Crippen molar-refractivity contribution in [2.45, 2.75) is 18.0 Å². The number of carbonyl (C=O) groups is 1. The molecular weight excluding hydrogens is 382 g/mol. The molecule has 0 N–H and O–H groups in total. The average Bonchev–Trinajstić information content (AvgIpc) is 2.81. The number of alkyl halides is 3. The Bertz CT molecular complexity index is 798. The Hall–Kier alpha value is -0.940. The van der Waals surface area contributed by atoms with Crippen LogP contribution in [0.3, 0.4) is 0 Å². The van der Waals surface area contributed by atoms with Crippen LogP contribution in [0, 0.1) is 6.92 Å². The summed E-state index contributed by atoms with van der Waals surface area (Å²) in [5.41, 5.74) is -1.52. The minimum Gasteiger partial charge on any atom is -0.449 e. The van der Waals surface area contributed by atoms with Gasteiger partial charge in [0.1, 0.15) is 6.01 Å². The number of carbonyl (C=O) groups excluding carboxylic acids is 1. The summed E-state index contributed by atoms with van der Waals surface area (Å²) >= 11 is 5.84. The Balaban J connectivity index is 0.00000288. The molecule has 1 aromatic carbocycles. The van der Waals surface area contributed by atoms with Gasteiger partial charge in [-0.2, -0.15) is 13.2 Å². The maximum Gasteiger partial charge on any atom is 1.00 e. The zero-order valence-corrected chi connectivity index (χ0v) is 16.2. The van der Waals surface area contributed by atoms with Crippen molar-refractivity contribution in [1.82, 2.24) is 10.2 Å². The van der Waals surface area contributed by atoms with E-state index >= 15 is 0 Å². The molecule has 0 aliphatic rings. The predicted octanol–water partition coefficient (Wildman–Crippen LogP) is 0.637. The minimum atomic E-state index is -4.76. The van der Waals surface area contributed by atoms with Crippen LogP contribution in [0.2, 0.25) is 5.02 Å². The number of halogens is 4. The van der Waals surface area contributed by atoms with E-state index < -0.39 is 38.4 Å². The first-order valence-corrected chi connectivity index (χ1v) is 7.84. The molecule has 0 saturated heterocycles. The standard InChI is InChI=1S/C12H9ClF3N3O3S.Na/c1-5-18-19-11(22-5)17-10(20)6-3-4-7(12(14,15)16)9(8(6)13)23(2)21;/h3-4H,1-2H3,(H,17,19,20);/q;+1/p-1. The van der Waals surface area contributed by atoms with Crippen LogP contribution in [-0.2, 0) is 17.0 Å². The van der Waals surface area contributed by atoms with Crippen LogP contribution in [0.4, 0.5) is 19.2 Å². The Morgan fingerprint density at radius 1 is 1.33 bits per heavy atom. The van der Waals surface area contributed by atoms with Crippen LogP contribution >= 0.6 is 11.6 Å². The molecule has 2 aromatic rings. The number of amides is 1. The van der Waals surface area contributed by atoms with Gasteiger partial charge in [0.2, 0.25) is 0 Å². The van der Waals surface area contributed by atoms with E-state index in [1.54, 1.807) is 0 Å². The fraction of sp³-hybridized carbons (Fsp3) is 0.250. The Labute approximate surface area is 163 Å². The summed E-state index contributed by atoms with van der Waals surface area (Å²) in [5.74, 6) is -0.829. The molecule has 0 radical (unpaired) electrons. The van der Waals surface area contributed by atoms with Crippen molar-refractivity contribution in [1.29, 1.82) is 0 Å². The quantitative estimate of drug-likeness (QED) is 0.719. The molecule has 6 nitrogen and oxygen atoms in total. The van der Waals surface area contributed by atoms with Crippen LogP contribution in [0.1, 0.15) is 21.8 Å². The van der Waals surface area contributed by atoms with Gasteiger partial charge in [-0.3, -0.25) is 9.00 Å². The fourth-order valence-electron chi connectivity index (χ4n) is 1.70. The number of rotatable bonds is 3. The van der Waals surface area contributed by atoms with Gasteiger partial charge in [0, 0.05) is 18.7 Å². The third-order valence-electron chi connectivity index (χ3n) is 2.63. The molecule has 1 aromatic heterocycles. The van der Waals surface area contributed by atoms with Gasteiger partial charge in [0.25, 0.3) is 0 Å². The van der Waals surface area contributed by atoms with Gasteiger partial charge >= 0.3 is 35.7 Å². The maximum absolute atomic E-state index is 12.9. The Morgan fingerprint density at radius 3 is 2.42 bits per heavy atom. The van der Waals surface area contributed by atoms with Crippen molar-refractivity contribution < 1.29 is 56.1 Å². The van der Waals surface area contributed by atoms with Crippen molar-refractivity contribution in [2.24, 2.45) is 0 Å². The molecule has 0 bridgehead atoms. The van der Waals surface area contributed by atoms with Gasteiger partial charge in [-0.1, -0.05) is 11.6 Å². The second-order valence-corrected chi connectivity index (χ2v) is 5.97. The summed E-state index contributed by atoms with van der Waals surface area (Å²) in [6.07, 6.45) is -3.73. The van der Waals surface area contributed by atoms with Gasteiger partial charge in [0.15, 0.2) is 11.8 Å². The van der Waals surface area contributed by atoms with Gasteiger partial charge in [0.05, 0.1) is 26.3 Å². The largest absolute Gasteiger partial charge is 1.00 e. The summed E-state index contributed by atoms with van der Waals surface area (Å²) < 4.78 is 55.3. The van der Waals surface area contributed by atoms with Gasteiger partial charge in [-0.25, -0.2) is 5.10 Å². The van der Waals surface area contributed by atoms with Crippen molar-refractivity contribution in [2.75, 3.05) is 6.26 Å². The van der Waals surface area contributed by atoms with Crippen LogP contribution in [0.25, 0.3) is 5.32 Å². The minimum absolute atomic E-state index is 0. The van der Waals surface area contributed by atoms with Crippen LogP contribution in [0.5, 0.6) is 0 Å². The van der Waals surface area contributed by atoms with Gasteiger partial charge in [-0.05, 0) is 12.1 Å². The second-order valence-electron chi connectivity index (χ2n) is 4.28. The molecule has 0 fully saturated rings. The smallest absolute Gasteiger partial charge is 0.449 e. The molecule has 0 aliphatic carbocycles. The van der Waals surface area contributed by atoms with Crippen LogP contribution < -0.4 is 29.6 Å². The molecule has 1 unspecified atom stereocenters. The average molecular weight is 390 g/mol. The maximum atomic E-state index is 12.9. The third kappa shape index (κ3) is 4.57. The fourth-order valence-corrected chi connectivity index (χ4v) is 3.13. The molecule has 124 valence electrons. The zero-order valence-electron chi connectivity index (χ0n) is 12.6. The van der Waals surface area contributed by atoms with Crippen molar-refractivity contribution >= 4 is 34.3 Å². The molecule has 0 aliphatic heterocycles. The van der Waals surface area contributed by atoms with E-state index in [0.29, 0.717) is 6.07 Å². The molecule has 1 atom stereocenters. The molecule has 1 amide bonds. The molecular formula is C12H8ClF3N3NaO3S. The monoisotopic (exact) mass is 389 g/mol. The molecule has 2 rings (SSSR count). The summed E-state index contributed by atoms with van der Waals surface area (Å²) in [6, 6.07) is 1.13. The van der Waals surface area contributed by atoms with Gasteiger partial charge < -0.3 is 14.8 Å². The molecule has 12 heteroatoms. The number of aromatic nitrogens is 2. The Morgan fingerprint density at radius 2 is 1.96 bits per heavy atom. The number of benzene rings is 1. The van der Waals surface area contributed by atoms with Crippen LogP contribution in [-0.4, -0.2) is 26.6 Å². The van der Waals surface area contributed by atoms with Crippen molar-refractivity contribution in [3.8, 4) is 0 Å². The molecule has 1 heterocycles. The topological polar surface area (TPSA) is 87.2 Å². The number of hydrogen-bond acceptors (Lipinski definition) is 5. The van der Waals surface area contributed by atoms with Crippen molar-refractivity contribution in [3.63, 3.8) is 0 Å². The molecule has 0 spiro atoms. The number of nitrogens with zero attached hydrogens (tertiary/aromatic N) is 3. The predicted molar refractivity (Wildman–Crippen MR) is 75.2 cm³/mol. The Kier molecular flexibility index (Phi) is 7.00. The normalized spacial score (nSPS) is 12.4. The van der Waals surface area contributed by atoms with E-state index in [1.165, 1.54) is 6.92 Å². The first-order chi connectivity index (χ1) is 10.6. The van der Waals surface area contributed by atoms with E-state index in [2.05, 4.69) is 15.5 Å². The van der Waals surface area contributed by atoms with E-state index in [1.807, 2.05) is 0 Å². The van der Waals surface area contributed by atoms with Gasteiger partial charge in [-0.15, -0.1) is 0 Å². The summed E-state index contributed by atoms with van der Waals surface area (Å²) in [4.78, 5) is 11.3. The number of aryl methyl sites for hydroxylation is 1. The van der Waals surface area contributed by atoms with E-state index in [4.69, 9.17) is 16.0 Å². The third-order valence-corrected chi connectivity index (χ3v) is 4.14. The molecule has 24 heavy (non-hydrogen) atoms. The summed E-state index contributed by atoms with van der Waals surface area (Å²) in [6.45, 7) is 1.47. The van der Waals surface area contributed by atoms with E-state index in [-0.39, 0.29) is 47.0 Å². The first kappa shape index (κ1) is 21.1. The summed E-state index contributed by atoms with van der Waals surface area (Å²) in [5, 5.41) is 9.80. The second kappa shape index (κ2) is 7.96. The van der Waals surface area contributed by atoms with E-state index in [9.17, 15) is 22.2 Å². The number of hydrogen-bond donors (Lipinski definition) is 0. The van der Waals surface area contributed by atoms with Crippen molar-refractivity contribution in [3.05, 3.63) is 39.5 Å². The summed E-state index contributed by atoms with van der Waals surface area (Å²) in [7, 11) is -2.06. The molecule has 0 saturated carbocycles. The van der Waals surface area contributed by atoms with Crippen LogP contribution in [0.15, 0.2) is 21.4 Å². The van der Waals surface area contributed by atoms with E-state index in [0.717, 1.165) is 12.3 Å². The zero-order chi connectivity index (χ0) is 17.4.